The number of benzene rings is 1. The van der Waals surface area contributed by atoms with Crippen LogP contribution >= 0.6 is 0 Å². The molecule has 0 amide bonds. The van der Waals surface area contributed by atoms with Gasteiger partial charge in [-0.2, -0.15) is 0 Å². The summed E-state index contributed by atoms with van der Waals surface area (Å²) in [6, 6.07) is 10.3. The van der Waals surface area contributed by atoms with Gasteiger partial charge in [-0.05, 0) is 19.4 Å². The van der Waals surface area contributed by atoms with Crippen molar-refractivity contribution in [1.29, 1.82) is 0 Å². The lowest BCUT2D eigenvalue weighted by Crippen LogP contribution is -2.47. The monoisotopic (exact) mass is 313 g/mol. The van der Waals surface area contributed by atoms with Crippen LogP contribution in [0, 0.1) is 0 Å². The van der Waals surface area contributed by atoms with E-state index in [9.17, 15) is 9.59 Å². The molecular formula is C18H23N3O2. The van der Waals surface area contributed by atoms with E-state index in [1.54, 1.807) is 4.57 Å². The molecule has 0 saturated carbocycles. The Morgan fingerprint density at radius 3 is 2.35 bits per heavy atom. The van der Waals surface area contributed by atoms with Gasteiger partial charge in [0.25, 0.3) is 5.56 Å². The minimum Gasteiger partial charge on any atom is -0.297 e. The van der Waals surface area contributed by atoms with E-state index in [0.717, 1.165) is 30.8 Å². The molecule has 5 nitrogen and oxygen atoms in total. The molecule has 1 aromatic carbocycles. The highest BCUT2D eigenvalue weighted by Crippen LogP contribution is 2.17. The quantitative estimate of drug-likeness (QED) is 0.861. The average Bonchev–Trinajstić information content (AvgIpc) is 2.57. The Morgan fingerprint density at radius 2 is 1.70 bits per heavy atom. The summed E-state index contributed by atoms with van der Waals surface area (Å²) in [7, 11) is 0. The number of rotatable bonds is 4. The van der Waals surface area contributed by atoms with E-state index in [4.69, 9.17) is 0 Å². The Labute approximate surface area is 135 Å². The Morgan fingerprint density at radius 1 is 1.00 bits per heavy atom. The summed E-state index contributed by atoms with van der Waals surface area (Å²) in [4.78, 5) is 27.3. The van der Waals surface area contributed by atoms with Gasteiger partial charge in [0.15, 0.2) is 0 Å². The maximum absolute atomic E-state index is 12.7. The van der Waals surface area contributed by atoms with Crippen molar-refractivity contribution in [3.8, 4) is 0 Å². The summed E-state index contributed by atoms with van der Waals surface area (Å²) in [6.45, 7) is 7.16. The van der Waals surface area contributed by atoms with Gasteiger partial charge in [-0.1, -0.05) is 30.3 Å². The third kappa shape index (κ3) is 2.88. The fourth-order valence-corrected chi connectivity index (χ4v) is 3.39. The van der Waals surface area contributed by atoms with Gasteiger partial charge >= 0.3 is 5.69 Å². The fourth-order valence-electron chi connectivity index (χ4n) is 3.39. The van der Waals surface area contributed by atoms with Crippen molar-refractivity contribution < 1.29 is 0 Å². The Hall–Kier alpha value is -2.14. The van der Waals surface area contributed by atoms with Crippen LogP contribution in [0.15, 0.2) is 39.9 Å². The molecule has 0 radical (unpaired) electrons. The molecule has 0 fully saturated rings. The minimum atomic E-state index is -0.171. The molecule has 23 heavy (non-hydrogen) atoms. The normalized spacial score (nSPS) is 14.7. The van der Waals surface area contributed by atoms with Crippen molar-refractivity contribution in [3.63, 3.8) is 0 Å². The fraction of sp³-hybridized carbons (Fsp3) is 0.444. The standard InChI is InChI=1S/C18H23N3O2/c1-3-20-16-10-11-19(12-14-8-6-5-7-9-14)13-15(16)17(22)21(4-2)18(20)23/h5-9H,3-4,10-13H2,1-2H3. The molecule has 0 atom stereocenters. The molecule has 3 rings (SSSR count). The molecule has 2 heterocycles. The molecule has 0 aliphatic carbocycles. The Kier molecular flexibility index (Phi) is 4.48. The molecule has 1 aliphatic heterocycles. The lowest BCUT2D eigenvalue weighted by Gasteiger charge is -2.30. The van der Waals surface area contributed by atoms with Crippen molar-refractivity contribution >= 4 is 0 Å². The van der Waals surface area contributed by atoms with Crippen LogP contribution < -0.4 is 11.2 Å². The highest BCUT2D eigenvalue weighted by molar-refractivity contribution is 5.22. The maximum Gasteiger partial charge on any atom is 0.331 e. The first-order chi connectivity index (χ1) is 11.2. The number of hydrogen-bond donors (Lipinski definition) is 0. The Balaban J connectivity index is 1.97. The van der Waals surface area contributed by atoms with E-state index in [2.05, 4.69) is 17.0 Å². The number of nitrogens with zero attached hydrogens (tertiary/aromatic N) is 3. The smallest absolute Gasteiger partial charge is 0.297 e. The van der Waals surface area contributed by atoms with Crippen LogP contribution in [0.1, 0.15) is 30.7 Å². The predicted octanol–water partition coefficient (Wildman–Crippen LogP) is 1.61. The maximum atomic E-state index is 12.7. The molecule has 122 valence electrons. The van der Waals surface area contributed by atoms with Crippen molar-refractivity contribution in [2.75, 3.05) is 6.54 Å². The van der Waals surface area contributed by atoms with Crippen molar-refractivity contribution in [2.45, 2.75) is 46.4 Å². The van der Waals surface area contributed by atoms with Gasteiger partial charge in [0.2, 0.25) is 0 Å². The largest absolute Gasteiger partial charge is 0.331 e. The van der Waals surface area contributed by atoms with Crippen LogP contribution in [-0.2, 0) is 32.6 Å². The zero-order valence-corrected chi connectivity index (χ0v) is 13.8. The third-order valence-corrected chi connectivity index (χ3v) is 4.57. The summed E-state index contributed by atoms with van der Waals surface area (Å²) < 4.78 is 3.12. The predicted molar refractivity (Wildman–Crippen MR) is 90.6 cm³/mol. The van der Waals surface area contributed by atoms with Gasteiger partial charge in [-0.25, -0.2) is 4.79 Å². The van der Waals surface area contributed by atoms with Gasteiger partial charge in [0.05, 0.1) is 5.56 Å². The molecule has 0 unspecified atom stereocenters. The van der Waals surface area contributed by atoms with E-state index in [1.807, 2.05) is 32.0 Å². The second kappa shape index (κ2) is 6.54. The molecule has 0 saturated heterocycles. The van der Waals surface area contributed by atoms with Gasteiger partial charge in [-0.15, -0.1) is 0 Å². The van der Waals surface area contributed by atoms with E-state index in [-0.39, 0.29) is 11.2 Å². The van der Waals surface area contributed by atoms with Crippen molar-refractivity contribution in [3.05, 3.63) is 68.0 Å². The van der Waals surface area contributed by atoms with Crippen molar-refractivity contribution in [2.24, 2.45) is 0 Å². The zero-order valence-electron chi connectivity index (χ0n) is 13.8. The van der Waals surface area contributed by atoms with Crippen LogP contribution in [0.3, 0.4) is 0 Å². The summed E-state index contributed by atoms with van der Waals surface area (Å²) in [5.74, 6) is 0. The lowest BCUT2D eigenvalue weighted by molar-refractivity contribution is 0.236. The average molecular weight is 313 g/mol. The second-order valence-corrected chi connectivity index (χ2v) is 5.95. The van der Waals surface area contributed by atoms with Gasteiger partial charge in [0, 0.05) is 44.8 Å². The summed E-state index contributed by atoms with van der Waals surface area (Å²) in [5.41, 5.74) is 2.67. The van der Waals surface area contributed by atoms with Crippen LogP contribution in [0.4, 0.5) is 0 Å². The molecule has 0 bridgehead atoms. The first-order valence-electron chi connectivity index (χ1n) is 8.27. The second-order valence-electron chi connectivity index (χ2n) is 5.95. The molecule has 1 aromatic heterocycles. The van der Waals surface area contributed by atoms with E-state index >= 15 is 0 Å². The van der Waals surface area contributed by atoms with Gasteiger partial charge in [0.1, 0.15) is 0 Å². The highest BCUT2D eigenvalue weighted by atomic mass is 16.2. The number of aromatic nitrogens is 2. The highest BCUT2D eigenvalue weighted by Gasteiger charge is 2.24. The first-order valence-corrected chi connectivity index (χ1v) is 8.27. The minimum absolute atomic E-state index is 0.116. The molecule has 2 aromatic rings. The summed E-state index contributed by atoms with van der Waals surface area (Å²) in [5, 5.41) is 0. The lowest BCUT2D eigenvalue weighted by atomic mass is 10.1. The van der Waals surface area contributed by atoms with Crippen molar-refractivity contribution in [1.82, 2.24) is 14.0 Å². The van der Waals surface area contributed by atoms with E-state index in [1.165, 1.54) is 10.1 Å². The van der Waals surface area contributed by atoms with Crippen LogP contribution in [-0.4, -0.2) is 20.6 Å². The topological polar surface area (TPSA) is 47.2 Å². The zero-order chi connectivity index (χ0) is 16.4. The molecule has 1 aliphatic rings. The van der Waals surface area contributed by atoms with E-state index < -0.39 is 0 Å². The summed E-state index contributed by atoms with van der Waals surface area (Å²) >= 11 is 0. The third-order valence-electron chi connectivity index (χ3n) is 4.57. The van der Waals surface area contributed by atoms with Crippen LogP contribution in [0.5, 0.6) is 0 Å². The van der Waals surface area contributed by atoms with Crippen LogP contribution in [0.2, 0.25) is 0 Å². The summed E-state index contributed by atoms with van der Waals surface area (Å²) in [6.07, 6.45) is 0.755. The Bertz CT molecular complexity index is 805. The number of hydrogen-bond acceptors (Lipinski definition) is 3. The van der Waals surface area contributed by atoms with E-state index in [0.29, 0.717) is 19.6 Å². The molecular weight excluding hydrogens is 290 g/mol. The number of fused-ring (bicyclic) bond motifs is 1. The molecule has 0 spiro atoms. The van der Waals surface area contributed by atoms with Gasteiger partial charge in [-0.3, -0.25) is 18.8 Å². The van der Waals surface area contributed by atoms with Crippen LogP contribution in [0.25, 0.3) is 0 Å². The van der Waals surface area contributed by atoms with Gasteiger partial charge < -0.3 is 0 Å². The molecule has 5 heteroatoms. The SMILES string of the molecule is CCn1c2c(c(=O)n(CC)c1=O)CN(Cc1ccccc1)CC2. The first kappa shape index (κ1) is 15.7. The molecule has 0 N–H and O–H groups in total.